The molecule has 0 fully saturated rings. The van der Waals surface area contributed by atoms with Gasteiger partial charge in [-0.15, -0.1) is 0 Å². The van der Waals surface area contributed by atoms with Crippen molar-refractivity contribution in [3.05, 3.63) is 41.2 Å². The average molecular weight is 313 g/mol. The average Bonchev–Trinajstić information content (AvgIpc) is 2.95. The minimum atomic E-state index is -3.90. The number of hydrogen-bond donors (Lipinski definition) is 3. The summed E-state index contributed by atoms with van der Waals surface area (Å²) in [6.45, 7) is 3.07. The van der Waals surface area contributed by atoms with Crippen LogP contribution in [0.25, 0.3) is 0 Å². The molecule has 1 aromatic carbocycles. The molecule has 0 bridgehead atoms. The van der Waals surface area contributed by atoms with Gasteiger partial charge in [0.1, 0.15) is 18.0 Å². The van der Waals surface area contributed by atoms with Crippen LogP contribution in [-0.4, -0.2) is 23.6 Å². The predicted octanol–water partition coefficient (Wildman–Crippen LogP) is 0.750. The fourth-order valence-corrected chi connectivity index (χ4v) is 3.39. The van der Waals surface area contributed by atoms with E-state index >= 15 is 0 Å². The molecule has 21 heavy (non-hydrogen) atoms. The molecule has 1 unspecified atom stereocenters. The monoisotopic (exact) mass is 313 g/mol. The van der Waals surface area contributed by atoms with Crippen LogP contribution in [0.2, 0.25) is 0 Å². The molecule has 4 N–H and O–H groups in total. The summed E-state index contributed by atoms with van der Waals surface area (Å²) in [4.78, 5) is 3.75. The molecule has 0 saturated heterocycles. The first-order chi connectivity index (χ1) is 9.85. The van der Waals surface area contributed by atoms with Gasteiger partial charge in [-0.2, -0.15) is 5.10 Å². The normalized spacial score (nSPS) is 13.3. The number of nitrogens with zero attached hydrogens (tertiary/aromatic N) is 2. The van der Waals surface area contributed by atoms with E-state index in [9.17, 15) is 12.8 Å². The lowest BCUT2D eigenvalue weighted by Crippen LogP contribution is -2.28. The molecule has 7 nitrogen and oxygen atoms in total. The van der Waals surface area contributed by atoms with Crippen molar-refractivity contribution in [1.82, 2.24) is 19.9 Å². The maximum atomic E-state index is 13.8. The predicted molar refractivity (Wildman–Crippen MR) is 74.1 cm³/mol. The van der Waals surface area contributed by atoms with Crippen LogP contribution in [0.15, 0.2) is 23.4 Å². The van der Waals surface area contributed by atoms with Gasteiger partial charge in [0.05, 0.1) is 10.9 Å². The Kier molecular flexibility index (Phi) is 4.35. The number of nitrogens with two attached hydrogens (primary N) is 1. The largest absolute Gasteiger partial charge is 0.326 e. The van der Waals surface area contributed by atoms with E-state index < -0.39 is 21.9 Å². The second-order valence-corrected chi connectivity index (χ2v) is 6.30. The topological polar surface area (TPSA) is 114 Å². The number of benzene rings is 1. The zero-order chi connectivity index (χ0) is 15.6. The van der Waals surface area contributed by atoms with Gasteiger partial charge >= 0.3 is 0 Å². The molecular formula is C12H16FN5O2S. The lowest BCUT2D eigenvalue weighted by molar-refractivity contribution is 0.555. The Labute approximate surface area is 121 Å². The Balaban J connectivity index is 2.38. The molecule has 1 aromatic heterocycles. The van der Waals surface area contributed by atoms with Crippen LogP contribution >= 0.6 is 0 Å². The van der Waals surface area contributed by atoms with Crippen molar-refractivity contribution in [2.24, 2.45) is 5.73 Å². The summed E-state index contributed by atoms with van der Waals surface area (Å²) in [6, 6.07) is 1.98. The third-order valence-corrected chi connectivity index (χ3v) is 4.72. The Hall–Kier alpha value is -1.84. The Bertz CT molecular complexity index is 730. The number of H-pyrrole nitrogens is 1. The number of nitrogens with one attached hydrogen (secondary N) is 2. The lowest BCUT2D eigenvalue weighted by atomic mass is 10.1. The second kappa shape index (κ2) is 5.88. The van der Waals surface area contributed by atoms with Gasteiger partial charge in [-0.3, -0.25) is 5.10 Å². The summed E-state index contributed by atoms with van der Waals surface area (Å²) in [5, 5.41) is 6.23. The SMILES string of the molecule is Cc1c(F)cc(CN)cc1S(=O)(=O)NC(C)c1ncn[nH]1. The first-order valence-electron chi connectivity index (χ1n) is 6.22. The molecular weight excluding hydrogens is 297 g/mol. The molecule has 0 aliphatic heterocycles. The van der Waals surface area contributed by atoms with Gasteiger partial charge in [0.15, 0.2) is 0 Å². The highest BCUT2D eigenvalue weighted by molar-refractivity contribution is 7.89. The van der Waals surface area contributed by atoms with Crippen LogP contribution < -0.4 is 10.5 Å². The summed E-state index contributed by atoms with van der Waals surface area (Å²) in [5.41, 5.74) is 5.91. The fraction of sp³-hybridized carbons (Fsp3) is 0.333. The highest BCUT2D eigenvalue weighted by Crippen LogP contribution is 2.22. The quantitative estimate of drug-likeness (QED) is 0.753. The number of aromatic amines is 1. The zero-order valence-electron chi connectivity index (χ0n) is 11.6. The maximum absolute atomic E-state index is 13.8. The third-order valence-electron chi connectivity index (χ3n) is 3.06. The fourth-order valence-electron chi connectivity index (χ4n) is 1.88. The van der Waals surface area contributed by atoms with Crippen molar-refractivity contribution in [3.63, 3.8) is 0 Å². The van der Waals surface area contributed by atoms with Crippen molar-refractivity contribution in [3.8, 4) is 0 Å². The van der Waals surface area contributed by atoms with E-state index in [0.717, 1.165) is 0 Å². The molecule has 0 aliphatic carbocycles. The molecule has 9 heteroatoms. The summed E-state index contributed by atoms with van der Waals surface area (Å²) < 4.78 is 41.0. The first-order valence-corrected chi connectivity index (χ1v) is 7.70. The van der Waals surface area contributed by atoms with Gasteiger partial charge in [-0.25, -0.2) is 22.5 Å². The summed E-state index contributed by atoms with van der Waals surface area (Å²) in [6.07, 6.45) is 1.28. The Morgan fingerprint density at radius 1 is 1.48 bits per heavy atom. The molecule has 0 spiro atoms. The van der Waals surface area contributed by atoms with Crippen molar-refractivity contribution in [2.75, 3.05) is 0 Å². The lowest BCUT2D eigenvalue weighted by Gasteiger charge is -2.14. The second-order valence-electron chi connectivity index (χ2n) is 4.62. The Morgan fingerprint density at radius 2 is 2.19 bits per heavy atom. The number of rotatable bonds is 5. The first kappa shape index (κ1) is 15.5. The van der Waals surface area contributed by atoms with Crippen molar-refractivity contribution in [2.45, 2.75) is 31.3 Å². The maximum Gasteiger partial charge on any atom is 0.241 e. The van der Waals surface area contributed by atoms with E-state index in [1.165, 1.54) is 25.4 Å². The van der Waals surface area contributed by atoms with E-state index in [0.29, 0.717) is 11.4 Å². The van der Waals surface area contributed by atoms with Crippen LogP contribution in [0.4, 0.5) is 4.39 Å². The van der Waals surface area contributed by atoms with Gasteiger partial charge in [-0.05, 0) is 31.5 Å². The highest BCUT2D eigenvalue weighted by atomic mass is 32.2. The van der Waals surface area contributed by atoms with Crippen LogP contribution in [0.5, 0.6) is 0 Å². The standard InChI is InChI=1S/C12H16FN5O2S/c1-7-10(13)3-9(5-14)4-11(7)21(19,20)18-8(2)12-15-6-16-17-12/h3-4,6,8,18H,5,14H2,1-2H3,(H,15,16,17). The van der Waals surface area contributed by atoms with Crippen LogP contribution in [0.3, 0.4) is 0 Å². The third kappa shape index (κ3) is 3.26. The van der Waals surface area contributed by atoms with Crippen LogP contribution in [-0.2, 0) is 16.6 Å². The van der Waals surface area contributed by atoms with Crippen LogP contribution in [0.1, 0.15) is 29.9 Å². The smallest absolute Gasteiger partial charge is 0.241 e. The molecule has 1 atom stereocenters. The summed E-state index contributed by atoms with van der Waals surface area (Å²) in [7, 11) is -3.90. The van der Waals surface area contributed by atoms with E-state index in [1.54, 1.807) is 6.92 Å². The molecule has 0 aliphatic rings. The van der Waals surface area contributed by atoms with Gasteiger partial charge in [0.2, 0.25) is 10.0 Å². The van der Waals surface area contributed by atoms with Gasteiger partial charge in [0.25, 0.3) is 0 Å². The van der Waals surface area contributed by atoms with Crippen molar-refractivity contribution >= 4 is 10.0 Å². The molecule has 0 amide bonds. The van der Waals surface area contributed by atoms with Gasteiger partial charge in [-0.1, -0.05) is 0 Å². The van der Waals surface area contributed by atoms with Crippen molar-refractivity contribution < 1.29 is 12.8 Å². The highest BCUT2D eigenvalue weighted by Gasteiger charge is 2.23. The number of halogens is 1. The number of aromatic nitrogens is 3. The van der Waals surface area contributed by atoms with E-state index in [2.05, 4.69) is 19.9 Å². The molecule has 0 saturated carbocycles. The molecule has 2 rings (SSSR count). The molecule has 114 valence electrons. The van der Waals surface area contributed by atoms with Gasteiger partial charge in [0, 0.05) is 12.1 Å². The van der Waals surface area contributed by atoms with Crippen LogP contribution in [0, 0.1) is 12.7 Å². The summed E-state index contributed by atoms with van der Waals surface area (Å²) in [5.74, 6) is -0.239. The molecule has 2 aromatic rings. The zero-order valence-corrected chi connectivity index (χ0v) is 12.4. The van der Waals surface area contributed by atoms with E-state index in [4.69, 9.17) is 5.73 Å². The van der Waals surface area contributed by atoms with Gasteiger partial charge < -0.3 is 5.73 Å². The van der Waals surface area contributed by atoms with Crippen molar-refractivity contribution in [1.29, 1.82) is 0 Å². The number of sulfonamides is 1. The number of hydrogen-bond acceptors (Lipinski definition) is 5. The summed E-state index contributed by atoms with van der Waals surface area (Å²) >= 11 is 0. The minimum Gasteiger partial charge on any atom is -0.326 e. The Morgan fingerprint density at radius 3 is 2.76 bits per heavy atom. The van der Waals surface area contributed by atoms with E-state index in [1.807, 2.05) is 0 Å². The molecule has 0 radical (unpaired) electrons. The van der Waals surface area contributed by atoms with E-state index in [-0.39, 0.29) is 17.0 Å². The minimum absolute atomic E-state index is 0.0458. The molecule has 1 heterocycles.